The highest BCUT2D eigenvalue weighted by Gasteiger charge is 2.22. The first-order valence-electron chi connectivity index (χ1n) is 5.47. The molecule has 0 amide bonds. The van der Waals surface area contributed by atoms with Crippen LogP contribution in [0.1, 0.15) is 46.5 Å². The molecule has 0 aliphatic carbocycles. The monoisotopic (exact) mass is 169 g/mol. The van der Waals surface area contributed by atoms with Crippen LogP contribution >= 0.6 is 0 Å². The molecule has 1 rings (SSSR count). The molecular formula is C11H23N. The molecule has 1 aliphatic heterocycles. The zero-order valence-electron chi connectivity index (χ0n) is 8.77. The molecule has 0 saturated carbocycles. The minimum absolute atomic E-state index is 0.787. The van der Waals surface area contributed by atoms with E-state index in [1.807, 2.05) is 0 Å². The van der Waals surface area contributed by atoms with Crippen LogP contribution in [-0.4, -0.2) is 12.6 Å². The molecule has 72 valence electrons. The first-order chi connectivity index (χ1) is 5.74. The lowest BCUT2D eigenvalue weighted by molar-refractivity contribution is 0.244. The second kappa shape index (κ2) is 4.86. The van der Waals surface area contributed by atoms with Crippen LogP contribution < -0.4 is 5.32 Å². The van der Waals surface area contributed by atoms with E-state index < -0.39 is 0 Å². The molecule has 12 heavy (non-hydrogen) atoms. The average Bonchev–Trinajstić information content (AvgIpc) is 2.05. The Morgan fingerprint density at radius 1 is 1.42 bits per heavy atom. The second-order valence-electron chi connectivity index (χ2n) is 4.48. The third-order valence-electron chi connectivity index (χ3n) is 3.05. The Bertz CT molecular complexity index is 118. The fourth-order valence-electron chi connectivity index (χ4n) is 2.21. The van der Waals surface area contributed by atoms with Crippen LogP contribution in [0.25, 0.3) is 0 Å². The van der Waals surface area contributed by atoms with Crippen LogP contribution in [0.2, 0.25) is 0 Å². The average molecular weight is 169 g/mol. The topological polar surface area (TPSA) is 12.0 Å². The van der Waals surface area contributed by atoms with Gasteiger partial charge in [-0.1, -0.05) is 33.6 Å². The Hall–Kier alpha value is -0.0400. The summed E-state index contributed by atoms with van der Waals surface area (Å²) in [5.74, 6) is 1.81. The second-order valence-corrected chi connectivity index (χ2v) is 4.48. The van der Waals surface area contributed by atoms with Crippen molar-refractivity contribution in [2.75, 3.05) is 6.54 Å². The molecule has 1 aliphatic rings. The van der Waals surface area contributed by atoms with Crippen molar-refractivity contribution >= 4 is 0 Å². The van der Waals surface area contributed by atoms with Crippen molar-refractivity contribution in [2.24, 2.45) is 11.8 Å². The Morgan fingerprint density at radius 2 is 2.17 bits per heavy atom. The summed E-state index contributed by atoms with van der Waals surface area (Å²) in [6, 6.07) is 0.787. The van der Waals surface area contributed by atoms with Crippen molar-refractivity contribution in [1.29, 1.82) is 0 Å². The van der Waals surface area contributed by atoms with Crippen molar-refractivity contribution < 1.29 is 0 Å². The minimum atomic E-state index is 0.787. The zero-order valence-corrected chi connectivity index (χ0v) is 8.77. The van der Waals surface area contributed by atoms with Crippen molar-refractivity contribution in [2.45, 2.75) is 52.5 Å². The molecule has 1 heteroatoms. The van der Waals surface area contributed by atoms with Gasteiger partial charge in [-0.3, -0.25) is 0 Å². The number of hydrogen-bond acceptors (Lipinski definition) is 1. The highest BCUT2D eigenvalue weighted by atomic mass is 14.9. The van der Waals surface area contributed by atoms with Crippen molar-refractivity contribution in [3.8, 4) is 0 Å². The molecular weight excluding hydrogens is 146 g/mol. The smallest absolute Gasteiger partial charge is 0.00927 e. The van der Waals surface area contributed by atoms with E-state index in [1.165, 1.54) is 32.2 Å². The normalized spacial score (nSPS) is 31.0. The zero-order chi connectivity index (χ0) is 8.97. The molecule has 0 aromatic heterocycles. The Kier molecular flexibility index (Phi) is 4.07. The van der Waals surface area contributed by atoms with E-state index in [0.29, 0.717) is 0 Å². The number of nitrogens with one attached hydrogen (secondary N) is 1. The van der Waals surface area contributed by atoms with Crippen LogP contribution in [0.4, 0.5) is 0 Å². The van der Waals surface area contributed by atoms with Gasteiger partial charge in [0.1, 0.15) is 0 Å². The third-order valence-corrected chi connectivity index (χ3v) is 3.05. The predicted octanol–water partition coefficient (Wildman–Crippen LogP) is 2.81. The number of piperidine rings is 1. The van der Waals surface area contributed by atoms with Crippen LogP contribution in [-0.2, 0) is 0 Å². The Labute approximate surface area is 76.9 Å². The summed E-state index contributed by atoms with van der Waals surface area (Å²) in [6.45, 7) is 8.19. The van der Waals surface area contributed by atoms with Gasteiger partial charge in [-0.05, 0) is 31.2 Å². The van der Waals surface area contributed by atoms with Gasteiger partial charge in [-0.15, -0.1) is 0 Å². The first-order valence-corrected chi connectivity index (χ1v) is 5.47. The van der Waals surface area contributed by atoms with Gasteiger partial charge >= 0.3 is 0 Å². The van der Waals surface area contributed by atoms with Gasteiger partial charge in [0, 0.05) is 6.04 Å². The van der Waals surface area contributed by atoms with Gasteiger partial charge in [0.2, 0.25) is 0 Å². The van der Waals surface area contributed by atoms with E-state index in [0.717, 1.165) is 17.9 Å². The van der Waals surface area contributed by atoms with E-state index in [1.54, 1.807) is 0 Å². The molecule has 0 radical (unpaired) electrons. The summed E-state index contributed by atoms with van der Waals surface area (Å²) < 4.78 is 0. The summed E-state index contributed by atoms with van der Waals surface area (Å²) in [7, 11) is 0. The maximum atomic E-state index is 3.61. The molecule has 2 atom stereocenters. The van der Waals surface area contributed by atoms with Gasteiger partial charge in [-0.25, -0.2) is 0 Å². The predicted molar refractivity (Wildman–Crippen MR) is 54.3 cm³/mol. The quantitative estimate of drug-likeness (QED) is 0.685. The highest BCUT2D eigenvalue weighted by Crippen LogP contribution is 2.24. The van der Waals surface area contributed by atoms with Crippen LogP contribution in [0, 0.1) is 11.8 Å². The Balaban J connectivity index is 2.30. The molecule has 0 bridgehead atoms. The van der Waals surface area contributed by atoms with Gasteiger partial charge < -0.3 is 5.32 Å². The SMILES string of the molecule is CCC[C@H]1CCN[C@@H](C(C)C)C1. The van der Waals surface area contributed by atoms with Crippen LogP contribution in [0.3, 0.4) is 0 Å². The molecule has 0 aromatic rings. The van der Waals surface area contributed by atoms with E-state index in [9.17, 15) is 0 Å². The lowest BCUT2D eigenvalue weighted by Crippen LogP contribution is -2.41. The van der Waals surface area contributed by atoms with Crippen LogP contribution in [0.15, 0.2) is 0 Å². The van der Waals surface area contributed by atoms with Gasteiger partial charge in [0.25, 0.3) is 0 Å². The van der Waals surface area contributed by atoms with Crippen molar-refractivity contribution in [3.63, 3.8) is 0 Å². The summed E-state index contributed by atoms with van der Waals surface area (Å²) >= 11 is 0. The van der Waals surface area contributed by atoms with Crippen molar-refractivity contribution in [3.05, 3.63) is 0 Å². The highest BCUT2D eigenvalue weighted by molar-refractivity contribution is 4.79. The summed E-state index contributed by atoms with van der Waals surface area (Å²) in [5.41, 5.74) is 0. The number of hydrogen-bond donors (Lipinski definition) is 1. The molecule has 1 nitrogen and oxygen atoms in total. The molecule has 0 unspecified atom stereocenters. The summed E-state index contributed by atoms with van der Waals surface area (Å²) in [6.07, 6.45) is 5.60. The standard InChI is InChI=1S/C11H23N/c1-4-5-10-6-7-12-11(8-10)9(2)3/h9-12H,4-8H2,1-3H3/t10-,11+/m0/s1. The van der Waals surface area contributed by atoms with E-state index in [4.69, 9.17) is 0 Å². The van der Waals surface area contributed by atoms with E-state index in [-0.39, 0.29) is 0 Å². The number of rotatable bonds is 3. The molecule has 1 N–H and O–H groups in total. The Morgan fingerprint density at radius 3 is 2.75 bits per heavy atom. The lowest BCUT2D eigenvalue weighted by Gasteiger charge is -2.32. The largest absolute Gasteiger partial charge is 0.314 e. The molecule has 1 heterocycles. The maximum Gasteiger partial charge on any atom is 0.00927 e. The van der Waals surface area contributed by atoms with Gasteiger partial charge in [-0.2, -0.15) is 0 Å². The first kappa shape index (κ1) is 10.0. The van der Waals surface area contributed by atoms with Gasteiger partial charge in [0.15, 0.2) is 0 Å². The molecule has 1 saturated heterocycles. The van der Waals surface area contributed by atoms with E-state index in [2.05, 4.69) is 26.1 Å². The fourth-order valence-corrected chi connectivity index (χ4v) is 2.21. The van der Waals surface area contributed by atoms with E-state index >= 15 is 0 Å². The lowest BCUT2D eigenvalue weighted by atomic mass is 9.85. The van der Waals surface area contributed by atoms with Gasteiger partial charge in [0.05, 0.1) is 0 Å². The summed E-state index contributed by atoms with van der Waals surface area (Å²) in [5, 5.41) is 3.61. The maximum absolute atomic E-state index is 3.61. The molecule has 0 aromatic carbocycles. The molecule has 1 fully saturated rings. The summed E-state index contributed by atoms with van der Waals surface area (Å²) in [4.78, 5) is 0. The van der Waals surface area contributed by atoms with Crippen LogP contribution in [0.5, 0.6) is 0 Å². The fraction of sp³-hybridized carbons (Fsp3) is 1.00. The minimum Gasteiger partial charge on any atom is -0.314 e. The third kappa shape index (κ3) is 2.78. The van der Waals surface area contributed by atoms with Crippen molar-refractivity contribution in [1.82, 2.24) is 5.32 Å². The molecule has 0 spiro atoms.